The lowest BCUT2D eigenvalue weighted by molar-refractivity contribution is 0.0953. The zero-order valence-corrected chi connectivity index (χ0v) is 12.6. The smallest absolute Gasteiger partial charge is 0.251 e. The summed E-state index contributed by atoms with van der Waals surface area (Å²) in [5.74, 6) is -0.0449. The Morgan fingerprint density at radius 3 is 2.45 bits per heavy atom. The third-order valence-corrected chi connectivity index (χ3v) is 4.27. The number of amides is 1. The van der Waals surface area contributed by atoms with Gasteiger partial charge in [0.25, 0.3) is 5.91 Å². The molecule has 20 heavy (non-hydrogen) atoms. The van der Waals surface area contributed by atoms with Crippen molar-refractivity contribution in [2.24, 2.45) is 0 Å². The van der Waals surface area contributed by atoms with Gasteiger partial charge in [-0.3, -0.25) is 9.59 Å². The predicted molar refractivity (Wildman–Crippen MR) is 81.8 cm³/mol. The average Bonchev–Trinajstić information content (AvgIpc) is 2.88. The molecule has 1 N–H and O–H groups in total. The first-order valence-corrected chi connectivity index (χ1v) is 7.39. The second-order valence-corrected chi connectivity index (χ2v) is 5.94. The molecule has 2 aromatic rings. The Labute approximate surface area is 126 Å². The van der Waals surface area contributed by atoms with Crippen LogP contribution in [0.15, 0.2) is 36.4 Å². The van der Waals surface area contributed by atoms with Gasteiger partial charge < -0.3 is 5.32 Å². The molecule has 0 aliphatic carbocycles. The second-order valence-electron chi connectivity index (χ2n) is 4.33. The Balaban J connectivity index is 1.84. The summed E-state index contributed by atoms with van der Waals surface area (Å²) in [6.07, 6.45) is 0.720. The molecule has 0 radical (unpaired) electrons. The molecule has 0 fully saturated rings. The highest BCUT2D eigenvalue weighted by Crippen LogP contribution is 2.17. The minimum atomic E-state index is -0.120. The molecular formula is C15H14ClNO2S. The van der Waals surface area contributed by atoms with E-state index in [0.717, 1.165) is 16.2 Å². The summed E-state index contributed by atoms with van der Waals surface area (Å²) < 4.78 is 0. The van der Waals surface area contributed by atoms with Gasteiger partial charge in [-0.15, -0.1) is 11.3 Å². The number of hydrogen-bond acceptors (Lipinski definition) is 3. The van der Waals surface area contributed by atoms with Crippen LogP contribution in [0.5, 0.6) is 0 Å². The molecule has 2 rings (SSSR count). The van der Waals surface area contributed by atoms with Crippen molar-refractivity contribution in [2.45, 2.75) is 13.3 Å². The quantitative estimate of drug-likeness (QED) is 0.858. The number of nitrogens with one attached hydrogen (secondary N) is 1. The standard InChI is InChI=1S/C15H14ClNO2S/c1-10(18)14-7-6-13(20-14)8-9-17-15(19)11-2-4-12(16)5-3-11/h2-7H,8-9H2,1H3,(H,17,19). The molecule has 0 spiro atoms. The number of Topliss-reactive ketones (excluding diaryl/α,β-unsaturated/α-hetero) is 1. The Kier molecular flexibility index (Phi) is 4.93. The molecular weight excluding hydrogens is 294 g/mol. The minimum Gasteiger partial charge on any atom is -0.352 e. The van der Waals surface area contributed by atoms with E-state index in [1.54, 1.807) is 31.2 Å². The van der Waals surface area contributed by atoms with Crippen LogP contribution in [0.4, 0.5) is 0 Å². The van der Waals surface area contributed by atoms with Crippen molar-refractivity contribution >= 4 is 34.6 Å². The molecule has 0 atom stereocenters. The number of hydrogen-bond donors (Lipinski definition) is 1. The van der Waals surface area contributed by atoms with Gasteiger partial charge >= 0.3 is 0 Å². The van der Waals surface area contributed by atoms with Gasteiger partial charge in [-0.25, -0.2) is 0 Å². The lowest BCUT2D eigenvalue weighted by Gasteiger charge is -2.04. The summed E-state index contributed by atoms with van der Waals surface area (Å²) >= 11 is 7.24. The van der Waals surface area contributed by atoms with Gasteiger partial charge in [0, 0.05) is 22.0 Å². The highest BCUT2D eigenvalue weighted by molar-refractivity contribution is 7.14. The summed E-state index contributed by atoms with van der Waals surface area (Å²) in [7, 11) is 0. The van der Waals surface area contributed by atoms with Gasteiger partial charge in [-0.2, -0.15) is 0 Å². The number of rotatable bonds is 5. The van der Waals surface area contributed by atoms with Crippen LogP contribution in [0.1, 0.15) is 31.8 Å². The third-order valence-electron chi connectivity index (χ3n) is 2.77. The van der Waals surface area contributed by atoms with E-state index in [-0.39, 0.29) is 11.7 Å². The highest BCUT2D eigenvalue weighted by atomic mass is 35.5. The van der Waals surface area contributed by atoms with Gasteiger partial charge in [0.2, 0.25) is 0 Å². The van der Waals surface area contributed by atoms with Crippen molar-refractivity contribution in [3.05, 3.63) is 56.7 Å². The van der Waals surface area contributed by atoms with Crippen LogP contribution in [0.2, 0.25) is 5.02 Å². The fourth-order valence-electron chi connectivity index (χ4n) is 1.70. The molecule has 0 saturated heterocycles. The highest BCUT2D eigenvalue weighted by Gasteiger charge is 2.06. The fraction of sp³-hybridized carbons (Fsp3) is 0.200. The lowest BCUT2D eigenvalue weighted by atomic mass is 10.2. The normalized spacial score (nSPS) is 10.3. The predicted octanol–water partition coefficient (Wildman–Crippen LogP) is 3.58. The van der Waals surface area contributed by atoms with Crippen LogP contribution in [0.25, 0.3) is 0 Å². The monoisotopic (exact) mass is 307 g/mol. The van der Waals surface area contributed by atoms with Crippen molar-refractivity contribution in [3.63, 3.8) is 0 Å². The number of carbonyl (C=O) groups is 2. The lowest BCUT2D eigenvalue weighted by Crippen LogP contribution is -2.25. The van der Waals surface area contributed by atoms with Crippen molar-refractivity contribution < 1.29 is 9.59 Å². The summed E-state index contributed by atoms with van der Waals surface area (Å²) in [6.45, 7) is 2.09. The summed E-state index contributed by atoms with van der Waals surface area (Å²) in [4.78, 5) is 24.9. The van der Waals surface area contributed by atoms with Crippen molar-refractivity contribution in [2.75, 3.05) is 6.54 Å². The molecule has 1 amide bonds. The SMILES string of the molecule is CC(=O)c1ccc(CCNC(=O)c2ccc(Cl)cc2)s1. The first kappa shape index (κ1) is 14.8. The Morgan fingerprint density at radius 1 is 1.15 bits per heavy atom. The van der Waals surface area contributed by atoms with Crippen molar-refractivity contribution in [1.29, 1.82) is 0 Å². The maximum absolute atomic E-state index is 11.9. The summed E-state index contributed by atoms with van der Waals surface area (Å²) in [5, 5.41) is 3.45. The van der Waals surface area contributed by atoms with Crippen LogP contribution in [0.3, 0.4) is 0 Å². The Morgan fingerprint density at radius 2 is 1.85 bits per heavy atom. The van der Waals surface area contributed by atoms with Crippen LogP contribution < -0.4 is 5.32 Å². The molecule has 1 aromatic heterocycles. The number of thiophene rings is 1. The zero-order chi connectivity index (χ0) is 14.5. The molecule has 0 saturated carbocycles. The van der Waals surface area contributed by atoms with Crippen molar-refractivity contribution in [1.82, 2.24) is 5.32 Å². The topological polar surface area (TPSA) is 46.2 Å². The molecule has 0 bridgehead atoms. The maximum Gasteiger partial charge on any atom is 0.251 e. The van der Waals surface area contributed by atoms with E-state index in [2.05, 4.69) is 5.32 Å². The molecule has 1 heterocycles. The number of halogens is 1. The van der Waals surface area contributed by atoms with E-state index in [9.17, 15) is 9.59 Å². The van der Waals surface area contributed by atoms with Gasteiger partial charge in [-0.05, 0) is 49.7 Å². The molecule has 1 aromatic carbocycles. The number of benzene rings is 1. The summed E-state index contributed by atoms with van der Waals surface area (Å²) in [6, 6.07) is 10.5. The summed E-state index contributed by atoms with van der Waals surface area (Å²) in [5.41, 5.74) is 0.588. The van der Waals surface area contributed by atoms with E-state index < -0.39 is 0 Å². The van der Waals surface area contributed by atoms with Gasteiger partial charge in [-0.1, -0.05) is 11.6 Å². The molecule has 0 aliphatic rings. The molecule has 5 heteroatoms. The van der Waals surface area contributed by atoms with Crippen LogP contribution in [-0.2, 0) is 6.42 Å². The third kappa shape index (κ3) is 3.92. The zero-order valence-electron chi connectivity index (χ0n) is 11.0. The maximum atomic E-state index is 11.9. The van der Waals surface area contributed by atoms with Gasteiger partial charge in [0.15, 0.2) is 5.78 Å². The average molecular weight is 308 g/mol. The van der Waals surface area contributed by atoms with E-state index in [1.807, 2.05) is 12.1 Å². The number of carbonyl (C=O) groups excluding carboxylic acids is 2. The Bertz CT molecular complexity index is 619. The van der Waals surface area contributed by atoms with E-state index >= 15 is 0 Å². The Hall–Kier alpha value is -1.65. The minimum absolute atomic E-state index is 0.0754. The molecule has 3 nitrogen and oxygen atoms in total. The van der Waals surface area contributed by atoms with E-state index in [1.165, 1.54) is 11.3 Å². The van der Waals surface area contributed by atoms with E-state index in [0.29, 0.717) is 17.1 Å². The second kappa shape index (κ2) is 6.68. The van der Waals surface area contributed by atoms with Crippen LogP contribution in [-0.4, -0.2) is 18.2 Å². The van der Waals surface area contributed by atoms with Crippen LogP contribution >= 0.6 is 22.9 Å². The first-order valence-electron chi connectivity index (χ1n) is 6.19. The number of ketones is 1. The van der Waals surface area contributed by atoms with Gasteiger partial charge in [0.1, 0.15) is 0 Å². The van der Waals surface area contributed by atoms with Crippen molar-refractivity contribution in [3.8, 4) is 0 Å². The van der Waals surface area contributed by atoms with Crippen LogP contribution in [0, 0.1) is 0 Å². The molecule has 0 aliphatic heterocycles. The first-order chi connectivity index (χ1) is 9.56. The van der Waals surface area contributed by atoms with E-state index in [4.69, 9.17) is 11.6 Å². The fourth-order valence-corrected chi connectivity index (χ4v) is 2.73. The molecule has 0 unspecified atom stereocenters. The largest absolute Gasteiger partial charge is 0.352 e. The molecule has 104 valence electrons. The van der Waals surface area contributed by atoms with Gasteiger partial charge in [0.05, 0.1) is 4.88 Å².